The van der Waals surface area contributed by atoms with E-state index in [1.807, 2.05) is 24.3 Å². The fraction of sp³-hybridized carbons (Fsp3) is 0.333. The fourth-order valence-corrected chi connectivity index (χ4v) is 1.34. The third-order valence-corrected chi connectivity index (χ3v) is 2.35. The normalized spacial score (nSPS) is 12.5. The van der Waals surface area contributed by atoms with Crippen LogP contribution in [-0.4, -0.2) is 24.3 Å². The molecule has 1 rings (SSSR count). The fourth-order valence-electron chi connectivity index (χ4n) is 0.910. The van der Waals surface area contributed by atoms with Crippen molar-refractivity contribution in [2.45, 2.75) is 6.04 Å². The molecule has 0 fully saturated rings. The molecule has 0 aliphatic rings. The van der Waals surface area contributed by atoms with Gasteiger partial charge in [0.05, 0.1) is 6.61 Å². The maximum Gasteiger partial charge on any atom is 0.0599 e. The minimum Gasteiger partial charge on any atom is -0.395 e. The topological polar surface area (TPSA) is 58.3 Å². The molecule has 1 aromatic rings. The highest BCUT2D eigenvalue weighted by molar-refractivity contribution is 9.10. The number of nitrogens with one attached hydrogen (secondary N) is 1. The number of halogens is 1. The third-order valence-electron chi connectivity index (χ3n) is 1.66. The zero-order valence-electron chi connectivity index (χ0n) is 7.20. The molecule has 13 heavy (non-hydrogen) atoms. The second kappa shape index (κ2) is 5.21. The lowest BCUT2D eigenvalue weighted by Crippen LogP contribution is -2.32. The van der Waals surface area contributed by atoms with E-state index in [4.69, 9.17) is 10.8 Å². The second-order valence-electron chi connectivity index (χ2n) is 2.80. The first-order valence-electron chi connectivity index (χ1n) is 4.09. The van der Waals surface area contributed by atoms with Crippen molar-refractivity contribution in [2.75, 3.05) is 18.5 Å². The van der Waals surface area contributed by atoms with Crippen LogP contribution in [0.1, 0.15) is 0 Å². The average Bonchev–Trinajstić information content (AvgIpc) is 2.16. The van der Waals surface area contributed by atoms with Crippen molar-refractivity contribution in [3.05, 3.63) is 28.7 Å². The number of aliphatic hydroxyl groups excluding tert-OH is 1. The van der Waals surface area contributed by atoms with E-state index in [2.05, 4.69) is 21.2 Å². The Morgan fingerprint density at radius 3 is 2.77 bits per heavy atom. The second-order valence-corrected chi connectivity index (χ2v) is 3.66. The lowest BCUT2D eigenvalue weighted by atomic mass is 10.3. The molecule has 0 heterocycles. The van der Waals surface area contributed by atoms with Crippen LogP contribution in [0.15, 0.2) is 28.7 Å². The highest BCUT2D eigenvalue weighted by Gasteiger charge is 2.01. The van der Waals surface area contributed by atoms with Crippen LogP contribution in [0.4, 0.5) is 5.69 Å². The van der Waals surface area contributed by atoms with Crippen LogP contribution in [0.5, 0.6) is 0 Å². The van der Waals surface area contributed by atoms with Gasteiger partial charge in [-0.1, -0.05) is 12.1 Å². The summed E-state index contributed by atoms with van der Waals surface area (Å²) in [5.41, 5.74) is 6.54. The van der Waals surface area contributed by atoms with Gasteiger partial charge < -0.3 is 16.2 Å². The van der Waals surface area contributed by atoms with E-state index in [-0.39, 0.29) is 12.6 Å². The van der Waals surface area contributed by atoms with E-state index in [0.29, 0.717) is 6.54 Å². The molecule has 4 N–H and O–H groups in total. The number of nitrogens with two attached hydrogens (primary N) is 1. The summed E-state index contributed by atoms with van der Waals surface area (Å²) in [4.78, 5) is 0. The number of benzene rings is 1. The monoisotopic (exact) mass is 244 g/mol. The number of aliphatic hydroxyl groups is 1. The van der Waals surface area contributed by atoms with Crippen molar-refractivity contribution in [2.24, 2.45) is 5.73 Å². The van der Waals surface area contributed by atoms with Gasteiger partial charge >= 0.3 is 0 Å². The average molecular weight is 245 g/mol. The van der Waals surface area contributed by atoms with Crippen molar-refractivity contribution in [3.8, 4) is 0 Å². The van der Waals surface area contributed by atoms with Crippen LogP contribution in [0.3, 0.4) is 0 Å². The van der Waals surface area contributed by atoms with E-state index in [9.17, 15) is 0 Å². The lowest BCUT2D eigenvalue weighted by Gasteiger charge is -2.11. The Morgan fingerprint density at radius 1 is 1.46 bits per heavy atom. The molecular formula is C9H13BrN2O. The first-order valence-corrected chi connectivity index (χ1v) is 4.88. The molecule has 0 amide bonds. The van der Waals surface area contributed by atoms with Gasteiger partial charge in [0.1, 0.15) is 0 Å². The van der Waals surface area contributed by atoms with Gasteiger partial charge in [-0.15, -0.1) is 0 Å². The zero-order chi connectivity index (χ0) is 9.68. The predicted molar refractivity (Wildman–Crippen MR) is 57.7 cm³/mol. The molecule has 0 aliphatic heterocycles. The van der Waals surface area contributed by atoms with Crippen LogP contribution in [0, 0.1) is 0 Å². The zero-order valence-corrected chi connectivity index (χ0v) is 8.79. The Labute approximate surface area is 86.1 Å². The molecule has 1 atom stereocenters. The third kappa shape index (κ3) is 3.34. The number of rotatable bonds is 4. The van der Waals surface area contributed by atoms with Crippen molar-refractivity contribution in [3.63, 3.8) is 0 Å². The van der Waals surface area contributed by atoms with Crippen molar-refractivity contribution >= 4 is 21.6 Å². The van der Waals surface area contributed by atoms with Crippen LogP contribution in [0.2, 0.25) is 0 Å². The molecule has 72 valence electrons. The minimum absolute atomic E-state index is 0.00253. The van der Waals surface area contributed by atoms with Gasteiger partial charge in [0.15, 0.2) is 0 Å². The van der Waals surface area contributed by atoms with Gasteiger partial charge in [-0.25, -0.2) is 0 Å². The van der Waals surface area contributed by atoms with Gasteiger partial charge in [-0.3, -0.25) is 0 Å². The summed E-state index contributed by atoms with van der Waals surface area (Å²) in [5.74, 6) is 0. The first-order chi connectivity index (χ1) is 6.24. The number of para-hydroxylation sites is 1. The first kappa shape index (κ1) is 10.5. The highest BCUT2D eigenvalue weighted by atomic mass is 79.9. The quantitative estimate of drug-likeness (QED) is 0.746. The molecular weight excluding hydrogens is 232 g/mol. The van der Waals surface area contributed by atoms with Crippen LogP contribution < -0.4 is 11.1 Å². The summed E-state index contributed by atoms with van der Waals surface area (Å²) >= 11 is 3.40. The molecule has 1 aromatic carbocycles. The molecule has 0 radical (unpaired) electrons. The molecule has 0 bridgehead atoms. The predicted octanol–water partition coefficient (Wildman–Crippen LogP) is 1.18. The smallest absolute Gasteiger partial charge is 0.0599 e. The van der Waals surface area contributed by atoms with Gasteiger partial charge in [-0.05, 0) is 28.1 Å². The summed E-state index contributed by atoms with van der Waals surface area (Å²) in [6.07, 6.45) is 0. The Kier molecular flexibility index (Phi) is 4.21. The molecule has 0 saturated carbocycles. The van der Waals surface area contributed by atoms with Gasteiger partial charge in [0.2, 0.25) is 0 Å². The van der Waals surface area contributed by atoms with Crippen LogP contribution in [-0.2, 0) is 0 Å². The maximum absolute atomic E-state index is 8.71. The number of anilines is 1. The van der Waals surface area contributed by atoms with Gasteiger partial charge in [0, 0.05) is 22.7 Å². The molecule has 4 heteroatoms. The summed E-state index contributed by atoms with van der Waals surface area (Å²) in [6, 6.07) is 7.58. The standard InChI is InChI=1S/C9H13BrN2O/c10-8-3-1-2-4-9(8)12-5-7(11)6-13/h1-4,7,12-13H,5-6,11H2. The van der Waals surface area contributed by atoms with E-state index >= 15 is 0 Å². The lowest BCUT2D eigenvalue weighted by molar-refractivity contribution is 0.270. The Hall–Kier alpha value is -0.580. The van der Waals surface area contributed by atoms with Crippen LogP contribution in [0.25, 0.3) is 0 Å². The Morgan fingerprint density at radius 2 is 2.15 bits per heavy atom. The molecule has 0 aliphatic carbocycles. The number of hydrogen-bond acceptors (Lipinski definition) is 3. The van der Waals surface area contributed by atoms with Crippen molar-refractivity contribution in [1.82, 2.24) is 0 Å². The van der Waals surface area contributed by atoms with E-state index in [0.717, 1.165) is 10.2 Å². The maximum atomic E-state index is 8.71. The van der Waals surface area contributed by atoms with E-state index < -0.39 is 0 Å². The molecule has 3 nitrogen and oxygen atoms in total. The summed E-state index contributed by atoms with van der Waals surface area (Å²) < 4.78 is 1.00. The SMILES string of the molecule is NC(CO)CNc1ccccc1Br. The largest absolute Gasteiger partial charge is 0.395 e. The van der Waals surface area contributed by atoms with E-state index in [1.165, 1.54) is 0 Å². The number of hydrogen-bond donors (Lipinski definition) is 3. The molecule has 0 saturated heterocycles. The summed E-state index contributed by atoms with van der Waals surface area (Å²) in [7, 11) is 0. The Bertz CT molecular complexity index is 268. The highest BCUT2D eigenvalue weighted by Crippen LogP contribution is 2.20. The summed E-state index contributed by atoms with van der Waals surface area (Å²) in [6.45, 7) is 0.566. The van der Waals surface area contributed by atoms with Crippen molar-refractivity contribution < 1.29 is 5.11 Å². The van der Waals surface area contributed by atoms with Gasteiger partial charge in [-0.2, -0.15) is 0 Å². The molecule has 0 spiro atoms. The van der Waals surface area contributed by atoms with E-state index in [1.54, 1.807) is 0 Å². The summed E-state index contributed by atoms with van der Waals surface area (Å²) in [5, 5.41) is 11.8. The molecule has 1 unspecified atom stereocenters. The van der Waals surface area contributed by atoms with Crippen LogP contribution >= 0.6 is 15.9 Å². The Balaban J connectivity index is 2.50. The van der Waals surface area contributed by atoms with Crippen molar-refractivity contribution in [1.29, 1.82) is 0 Å². The minimum atomic E-state index is -0.216. The molecule has 0 aromatic heterocycles. The van der Waals surface area contributed by atoms with Gasteiger partial charge in [0.25, 0.3) is 0 Å².